The van der Waals surface area contributed by atoms with Gasteiger partial charge in [0.1, 0.15) is 6.29 Å². The van der Waals surface area contributed by atoms with Crippen LogP contribution in [0.3, 0.4) is 0 Å². The molecule has 1 rings (SSSR count). The average molecular weight is 235 g/mol. The zero-order valence-electron chi connectivity index (χ0n) is 7.38. The second-order valence-electron chi connectivity index (χ2n) is 2.73. The molecule has 0 aromatic heterocycles. The van der Waals surface area contributed by atoms with Gasteiger partial charge in [-0.25, -0.2) is 0 Å². The molecule has 1 aromatic rings. The van der Waals surface area contributed by atoms with E-state index in [1.807, 2.05) is 0 Å². The molecule has 80 valence electrons. The Labute approximate surface area is 89.2 Å². The molecule has 5 heteroatoms. The molecule has 0 amide bonds. The van der Waals surface area contributed by atoms with Gasteiger partial charge in [-0.1, -0.05) is 23.7 Å². The number of alkyl halides is 3. The summed E-state index contributed by atoms with van der Waals surface area (Å²) in [5.41, 5.74) is -0.376. The number of carbonyl (C=O) groups is 1. The molecule has 0 saturated heterocycles. The molecule has 1 aromatic carbocycles. The van der Waals surface area contributed by atoms with Crippen molar-refractivity contribution in [1.29, 1.82) is 0 Å². The molecule has 0 aliphatic rings. The molecule has 0 unspecified atom stereocenters. The molecule has 15 heavy (non-hydrogen) atoms. The Morgan fingerprint density at radius 1 is 1.20 bits per heavy atom. The van der Waals surface area contributed by atoms with E-state index in [4.69, 9.17) is 11.6 Å². The van der Waals surface area contributed by atoms with Gasteiger partial charge in [0.2, 0.25) is 0 Å². The molecule has 0 aliphatic carbocycles. The zero-order valence-corrected chi connectivity index (χ0v) is 8.14. The first kappa shape index (κ1) is 11.8. The van der Waals surface area contributed by atoms with Crippen LogP contribution in [0, 0.1) is 0 Å². The van der Waals surface area contributed by atoms with Crippen molar-refractivity contribution in [1.82, 2.24) is 0 Å². The summed E-state index contributed by atoms with van der Waals surface area (Å²) in [6.07, 6.45) is -2.82. The van der Waals surface area contributed by atoms with E-state index in [0.29, 0.717) is 11.8 Å². The van der Waals surface area contributed by atoms with Crippen LogP contribution >= 0.6 is 11.6 Å². The minimum absolute atomic E-state index is 0.110. The summed E-state index contributed by atoms with van der Waals surface area (Å²) in [5, 5.41) is 0.110. The first-order valence-corrected chi connectivity index (χ1v) is 4.31. The van der Waals surface area contributed by atoms with Crippen LogP contribution in [0.4, 0.5) is 13.2 Å². The van der Waals surface area contributed by atoms with Crippen LogP contribution in [0.1, 0.15) is 11.1 Å². The molecule has 0 radical (unpaired) electrons. The predicted octanol–water partition coefficient (Wildman–Crippen LogP) is 3.48. The molecular formula is C10H6ClF3O. The number of carbonyl (C=O) groups excluding carboxylic acids is 1. The summed E-state index contributed by atoms with van der Waals surface area (Å²) in [7, 11) is 0. The zero-order chi connectivity index (χ0) is 11.5. The fourth-order valence-corrected chi connectivity index (χ4v) is 1.15. The maximum Gasteiger partial charge on any atom is 0.416 e. The van der Waals surface area contributed by atoms with Crippen molar-refractivity contribution < 1.29 is 18.0 Å². The lowest BCUT2D eigenvalue weighted by atomic mass is 10.1. The third kappa shape index (κ3) is 3.09. The number of halogens is 4. The summed E-state index contributed by atoms with van der Waals surface area (Å²) in [6, 6.07) is 4.25. The van der Waals surface area contributed by atoms with Crippen molar-refractivity contribution in [3.05, 3.63) is 41.5 Å². The second-order valence-corrected chi connectivity index (χ2v) is 3.13. The van der Waals surface area contributed by atoms with Crippen molar-refractivity contribution in [2.45, 2.75) is 6.18 Å². The first-order chi connectivity index (χ1) is 6.95. The lowest BCUT2D eigenvalue weighted by molar-refractivity contribution is -0.137. The maximum atomic E-state index is 12.2. The number of rotatable bonds is 2. The Morgan fingerprint density at radius 2 is 1.73 bits per heavy atom. The second kappa shape index (κ2) is 4.49. The number of hydrogen-bond donors (Lipinski definition) is 0. The Balaban J connectivity index is 3.00. The van der Waals surface area contributed by atoms with E-state index < -0.39 is 11.7 Å². The van der Waals surface area contributed by atoms with Crippen LogP contribution in [-0.4, -0.2) is 6.29 Å². The van der Waals surface area contributed by atoms with Gasteiger partial charge in [0.05, 0.1) is 10.6 Å². The van der Waals surface area contributed by atoms with E-state index in [1.165, 1.54) is 12.1 Å². The van der Waals surface area contributed by atoms with Gasteiger partial charge < -0.3 is 0 Å². The van der Waals surface area contributed by atoms with Gasteiger partial charge in [-0.2, -0.15) is 13.2 Å². The van der Waals surface area contributed by atoms with Gasteiger partial charge in [-0.3, -0.25) is 4.79 Å². The summed E-state index contributed by atoms with van der Waals surface area (Å²) >= 11 is 5.62. The van der Waals surface area contributed by atoms with Crippen molar-refractivity contribution in [3.63, 3.8) is 0 Å². The van der Waals surface area contributed by atoms with E-state index in [1.54, 1.807) is 0 Å². The van der Waals surface area contributed by atoms with Crippen molar-refractivity contribution in [2.75, 3.05) is 0 Å². The van der Waals surface area contributed by atoms with Crippen LogP contribution < -0.4 is 0 Å². The minimum atomic E-state index is -4.36. The van der Waals surface area contributed by atoms with Gasteiger partial charge >= 0.3 is 6.18 Å². The minimum Gasteiger partial charge on any atom is -0.299 e. The molecule has 0 spiro atoms. The third-order valence-corrected chi connectivity index (χ3v) is 2.05. The third-order valence-electron chi connectivity index (χ3n) is 1.70. The molecule has 0 heterocycles. The van der Waals surface area contributed by atoms with Crippen LogP contribution in [-0.2, 0) is 11.0 Å². The van der Waals surface area contributed by atoms with Gasteiger partial charge in [-0.05, 0) is 23.8 Å². The van der Waals surface area contributed by atoms with Gasteiger partial charge in [0, 0.05) is 0 Å². The normalized spacial score (nSPS) is 12.7. The number of hydrogen-bond acceptors (Lipinski definition) is 1. The molecule has 1 nitrogen and oxygen atoms in total. The number of benzene rings is 1. The van der Waals surface area contributed by atoms with Crippen LogP contribution in [0.15, 0.2) is 30.3 Å². The van der Waals surface area contributed by atoms with Gasteiger partial charge in [0.25, 0.3) is 0 Å². The fourth-order valence-electron chi connectivity index (χ4n) is 0.974. The van der Waals surface area contributed by atoms with E-state index in [2.05, 4.69) is 0 Å². The highest BCUT2D eigenvalue weighted by Crippen LogP contribution is 2.30. The quantitative estimate of drug-likeness (QED) is 0.566. The number of allylic oxidation sites excluding steroid dienone is 1. The number of aldehydes is 1. The van der Waals surface area contributed by atoms with Crippen LogP contribution in [0.5, 0.6) is 0 Å². The molecule has 0 aliphatic heterocycles. The highest BCUT2D eigenvalue weighted by molar-refractivity contribution is 6.49. The highest BCUT2D eigenvalue weighted by Gasteiger charge is 2.29. The van der Waals surface area contributed by atoms with Crippen molar-refractivity contribution in [2.24, 2.45) is 0 Å². The Kier molecular flexibility index (Phi) is 3.52. The molecule has 0 N–H and O–H groups in total. The summed E-state index contributed by atoms with van der Waals surface area (Å²) in [4.78, 5) is 10.1. The predicted molar refractivity (Wildman–Crippen MR) is 51.3 cm³/mol. The lowest BCUT2D eigenvalue weighted by Gasteiger charge is -2.06. The Hall–Kier alpha value is -1.29. The smallest absolute Gasteiger partial charge is 0.299 e. The molecule has 0 saturated carbocycles. The summed E-state index contributed by atoms with van der Waals surface area (Å²) in [6.45, 7) is 0. The van der Waals surface area contributed by atoms with E-state index in [9.17, 15) is 18.0 Å². The standard InChI is InChI=1S/C10H6ClF3O/c11-9(5-6-15)7-1-3-8(4-2-7)10(12,13)14/h1-6H/b9-5-. The topological polar surface area (TPSA) is 17.1 Å². The van der Waals surface area contributed by atoms with Crippen molar-refractivity contribution in [3.8, 4) is 0 Å². The first-order valence-electron chi connectivity index (χ1n) is 3.94. The van der Waals surface area contributed by atoms with Crippen molar-refractivity contribution >= 4 is 22.9 Å². The lowest BCUT2D eigenvalue weighted by Crippen LogP contribution is -2.04. The van der Waals surface area contributed by atoms with E-state index in [-0.39, 0.29) is 5.03 Å². The fraction of sp³-hybridized carbons (Fsp3) is 0.100. The van der Waals surface area contributed by atoms with E-state index >= 15 is 0 Å². The molecule has 0 atom stereocenters. The van der Waals surface area contributed by atoms with Gasteiger partial charge in [-0.15, -0.1) is 0 Å². The Bertz CT molecular complexity index is 379. The Morgan fingerprint density at radius 3 is 2.13 bits per heavy atom. The average Bonchev–Trinajstić information content (AvgIpc) is 2.17. The largest absolute Gasteiger partial charge is 0.416 e. The SMILES string of the molecule is O=C/C=C(\Cl)c1ccc(C(F)(F)F)cc1. The molecular weight excluding hydrogens is 229 g/mol. The highest BCUT2D eigenvalue weighted by atomic mass is 35.5. The summed E-state index contributed by atoms with van der Waals surface area (Å²) in [5.74, 6) is 0. The maximum absolute atomic E-state index is 12.2. The van der Waals surface area contributed by atoms with Crippen LogP contribution in [0.25, 0.3) is 5.03 Å². The molecule has 0 bridgehead atoms. The summed E-state index contributed by atoms with van der Waals surface area (Å²) < 4.78 is 36.5. The monoisotopic (exact) mass is 234 g/mol. The van der Waals surface area contributed by atoms with E-state index in [0.717, 1.165) is 18.2 Å². The van der Waals surface area contributed by atoms with Crippen LogP contribution in [0.2, 0.25) is 0 Å². The van der Waals surface area contributed by atoms with Gasteiger partial charge in [0.15, 0.2) is 0 Å². The molecule has 0 fully saturated rings.